The Kier molecular flexibility index (Phi) is 12.3. The maximum atomic E-state index is 14.3. The summed E-state index contributed by atoms with van der Waals surface area (Å²) < 4.78 is 49.6. The van der Waals surface area contributed by atoms with Crippen molar-refractivity contribution in [3.05, 3.63) is 119 Å². The number of carboxylic acids is 2. The minimum Gasteiger partial charge on any atom is -0.480 e. The molecule has 0 unspecified atom stereocenters. The number of carbonyl (C=O) groups excluding carboxylic acids is 1. The maximum Gasteiger partial charge on any atom is 0.429 e. The van der Waals surface area contributed by atoms with Crippen LogP contribution in [-0.2, 0) is 16.0 Å². The zero-order chi connectivity index (χ0) is 37.3. The molecule has 0 bridgehead atoms. The van der Waals surface area contributed by atoms with Gasteiger partial charge in [0.1, 0.15) is 12.6 Å². The second-order valence-electron chi connectivity index (χ2n) is 10.9. The summed E-state index contributed by atoms with van der Waals surface area (Å²) in [6.07, 6.45) is -5.65. The van der Waals surface area contributed by atoms with Gasteiger partial charge in [-0.15, -0.1) is 0 Å². The number of rotatable bonds is 11. The van der Waals surface area contributed by atoms with Crippen molar-refractivity contribution >= 4 is 35.4 Å². The molecule has 2 heterocycles. The molecule has 0 fully saturated rings. The average Bonchev–Trinajstić information content (AvgIpc) is 3.52. The van der Waals surface area contributed by atoms with Gasteiger partial charge in [-0.2, -0.15) is 23.3 Å². The van der Waals surface area contributed by atoms with Crippen LogP contribution in [0.15, 0.2) is 91.1 Å². The van der Waals surface area contributed by atoms with Gasteiger partial charge in [0.05, 0.1) is 17.1 Å². The van der Waals surface area contributed by atoms with E-state index >= 15 is 0 Å². The first-order chi connectivity index (χ1) is 24.1. The fraction of sp³-hybridized carbons (Fsp3) is 0.176. The molecule has 0 saturated carbocycles. The van der Waals surface area contributed by atoms with Crippen LogP contribution in [0.2, 0.25) is 5.02 Å². The van der Waals surface area contributed by atoms with E-state index in [1.165, 1.54) is 35.1 Å². The Hall–Kier alpha value is -6.00. The van der Waals surface area contributed by atoms with Gasteiger partial charge < -0.3 is 31.7 Å². The summed E-state index contributed by atoms with van der Waals surface area (Å²) in [5.74, 6) is -3.25. The van der Waals surface area contributed by atoms with E-state index in [0.29, 0.717) is 22.4 Å². The lowest BCUT2D eigenvalue weighted by Crippen LogP contribution is -2.32. The first kappa shape index (κ1) is 37.8. The quantitative estimate of drug-likeness (QED) is 0.122. The van der Waals surface area contributed by atoms with Crippen molar-refractivity contribution < 1.29 is 42.5 Å². The van der Waals surface area contributed by atoms with Crippen LogP contribution in [0.3, 0.4) is 0 Å². The summed E-state index contributed by atoms with van der Waals surface area (Å²) in [4.78, 5) is 40.2. The predicted octanol–water partition coefficient (Wildman–Crippen LogP) is 5.01. The van der Waals surface area contributed by atoms with Crippen molar-refractivity contribution in [2.75, 3.05) is 12.3 Å². The number of alkyl halides is 3. The Labute approximate surface area is 293 Å². The monoisotopic (exact) mass is 725 g/mol. The summed E-state index contributed by atoms with van der Waals surface area (Å²) in [7, 11) is 0. The molecule has 7 N–H and O–H groups in total. The molecule has 0 spiro atoms. The molecular formula is C34H31ClF3N7O6. The van der Waals surface area contributed by atoms with Gasteiger partial charge in [-0.3, -0.25) is 14.4 Å². The van der Waals surface area contributed by atoms with Gasteiger partial charge in [-0.25, -0.2) is 9.67 Å². The van der Waals surface area contributed by atoms with E-state index in [2.05, 4.69) is 20.4 Å². The number of nitrogens with one attached hydrogen (secondary N) is 1. The second-order valence-corrected chi connectivity index (χ2v) is 11.3. The third-order valence-electron chi connectivity index (χ3n) is 6.96. The molecule has 0 aliphatic carbocycles. The van der Waals surface area contributed by atoms with Crippen molar-refractivity contribution in [2.24, 2.45) is 5.73 Å². The minimum absolute atomic E-state index is 0.0883. The predicted molar refractivity (Wildman–Crippen MR) is 180 cm³/mol. The molecule has 1 amide bonds. The van der Waals surface area contributed by atoms with E-state index in [0.717, 1.165) is 0 Å². The number of ether oxygens (including phenoxy) is 1. The third kappa shape index (κ3) is 10.7. The van der Waals surface area contributed by atoms with E-state index in [1.54, 1.807) is 67.6 Å². The van der Waals surface area contributed by atoms with Gasteiger partial charge in [-0.05, 0) is 49.2 Å². The molecule has 2 aromatic heterocycles. The van der Waals surface area contributed by atoms with Gasteiger partial charge in [0.2, 0.25) is 17.9 Å². The van der Waals surface area contributed by atoms with E-state index in [1.807, 2.05) is 0 Å². The lowest BCUT2D eigenvalue weighted by molar-refractivity contribution is -0.198. The number of nitrogen functional groups attached to an aromatic ring is 1. The first-order valence-electron chi connectivity index (χ1n) is 14.9. The summed E-state index contributed by atoms with van der Waals surface area (Å²) in [5, 5.41) is 24.0. The smallest absolute Gasteiger partial charge is 0.429 e. The number of hydrogen-bond acceptors (Lipinski definition) is 9. The SMILES string of the molecule is Cc1ccn(-c2cc(Cl)ccc2[C@@H](Oc2cc(-c3ccc(C[C@H](N)C(=O)O)cc3)nc(N)n2)C(F)(F)F)n1.O=C(O)CNC(=O)c1ccccc1. The number of anilines is 1. The number of carboxylic acid groups (broad SMARTS) is 2. The van der Waals surface area contributed by atoms with Crippen LogP contribution in [-0.4, -0.2) is 66.6 Å². The normalized spacial score (nSPS) is 12.2. The summed E-state index contributed by atoms with van der Waals surface area (Å²) in [5.41, 5.74) is 13.6. The molecule has 266 valence electrons. The van der Waals surface area contributed by atoms with Crippen molar-refractivity contribution in [2.45, 2.75) is 31.7 Å². The summed E-state index contributed by atoms with van der Waals surface area (Å²) >= 11 is 6.08. The fourth-order valence-electron chi connectivity index (χ4n) is 4.56. The highest BCUT2D eigenvalue weighted by molar-refractivity contribution is 6.30. The van der Waals surface area contributed by atoms with E-state index in [-0.39, 0.29) is 46.8 Å². The average molecular weight is 726 g/mol. The molecular weight excluding hydrogens is 695 g/mol. The van der Waals surface area contributed by atoms with E-state index < -0.39 is 36.1 Å². The maximum absolute atomic E-state index is 14.3. The van der Waals surface area contributed by atoms with Crippen molar-refractivity contribution in [1.82, 2.24) is 25.1 Å². The highest BCUT2D eigenvalue weighted by Gasteiger charge is 2.45. The zero-order valence-electron chi connectivity index (χ0n) is 26.7. The van der Waals surface area contributed by atoms with Crippen molar-refractivity contribution in [3.8, 4) is 22.8 Å². The molecule has 0 aliphatic heterocycles. The number of carbonyl (C=O) groups is 3. The molecule has 17 heteroatoms. The van der Waals surface area contributed by atoms with Gasteiger partial charge >= 0.3 is 18.1 Å². The number of aromatic nitrogens is 4. The lowest BCUT2D eigenvalue weighted by atomic mass is 10.0. The van der Waals surface area contributed by atoms with Crippen LogP contribution < -0.4 is 21.5 Å². The number of nitrogens with zero attached hydrogens (tertiary/aromatic N) is 4. The van der Waals surface area contributed by atoms with Crippen LogP contribution in [0.5, 0.6) is 5.88 Å². The zero-order valence-corrected chi connectivity index (χ0v) is 27.5. The Morgan fingerprint density at radius 2 is 1.67 bits per heavy atom. The molecule has 51 heavy (non-hydrogen) atoms. The Morgan fingerprint density at radius 3 is 2.25 bits per heavy atom. The van der Waals surface area contributed by atoms with Crippen molar-refractivity contribution in [3.63, 3.8) is 0 Å². The molecule has 5 aromatic rings. The highest BCUT2D eigenvalue weighted by Crippen LogP contribution is 2.40. The third-order valence-corrected chi connectivity index (χ3v) is 7.19. The Morgan fingerprint density at radius 1 is 0.980 bits per heavy atom. The van der Waals surface area contributed by atoms with Gasteiger partial charge in [0.15, 0.2) is 0 Å². The molecule has 0 radical (unpaired) electrons. The molecule has 0 saturated heterocycles. The Bertz CT molecular complexity index is 1990. The van der Waals surface area contributed by atoms with Crippen LogP contribution in [0.4, 0.5) is 19.1 Å². The number of hydrogen-bond donors (Lipinski definition) is 5. The van der Waals surface area contributed by atoms with Crippen LogP contribution in [0.25, 0.3) is 16.9 Å². The number of aryl methyl sites for hydroxylation is 1. The first-order valence-corrected chi connectivity index (χ1v) is 15.3. The Balaban J connectivity index is 0.000000378. The number of aliphatic carboxylic acids is 2. The van der Waals surface area contributed by atoms with E-state index in [9.17, 15) is 27.6 Å². The fourth-order valence-corrected chi connectivity index (χ4v) is 4.73. The van der Waals surface area contributed by atoms with E-state index in [4.69, 9.17) is 38.0 Å². The molecule has 13 nitrogen and oxygen atoms in total. The number of benzene rings is 3. The second kappa shape index (κ2) is 16.6. The molecule has 2 atom stereocenters. The molecule has 3 aromatic carbocycles. The molecule has 0 aliphatic rings. The number of halogens is 4. The number of nitrogens with two attached hydrogens (primary N) is 2. The summed E-state index contributed by atoms with van der Waals surface area (Å²) in [6, 6.07) is 20.7. The van der Waals surface area contributed by atoms with Gasteiger partial charge in [0.25, 0.3) is 5.91 Å². The van der Waals surface area contributed by atoms with Gasteiger partial charge in [0, 0.05) is 34.0 Å². The van der Waals surface area contributed by atoms with Gasteiger partial charge in [-0.1, -0.05) is 60.1 Å². The standard InChI is InChI=1S/C25H22ClF3N6O3.C9H9NO3/c1-13-8-9-35(34-13)20-11-16(26)6-7-17(20)22(25(27,28)29)38-21-12-19(32-24(31)33-21)15-4-2-14(3-5-15)10-18(30)23(36)37;11-8(12)6-10-9(13)7-4-2-1-3-5-7/h2-9,11-12,18,22H,10,30H2,1H3,(H,36,37)(H2,31,32,33);1-5H,6H2,(H,10,13)(H,11,12)/t18-,22+;/m0./s1. The summed E-state index contributed by atoms with van der Waals surface area (Å²) in [6.45, 7) is 1.35. The largest absolute Gasteiger partial charge is 0.480 e. The topological polar surface area (TPSA) is 209 Å². The van der Waals surface area contributed by atoms with Crippen LogP contribution >= 0.6 is 11.6 Å². The van der Waals surface area contributed by atoms with Crippen LogP contribution in [0.1, 0.15) is 33.3 Å². The minimum atomic E-state index is -4.84. The van der Waals surface area contributed by atoms with Crippen LogP contribution in [0, 0.1) is 6.92 Å². The highest BCUT2D eigenvalue weighted by atomic mass is 35.5. The lowest BCUT2D eigenvalue weighted by Gasteiger charge is -2.24. The van der Waals surface area contributed by atoms with Crippen molar-refractivity contribution in [1.29, 1.82) is 0 Å². The molecule has 5 rings (SSSR count). The number of amides is 1.